The van der Waals surface area contributed by atoms with E-state index in [-0.39, 0.29) is 11.9 Å². The van der Waals surface area contributed by atoms with Crippen molar-refractivity contribution in [2.75, 3.05) is 0 Å². The van der Waals surface area contributed by atoms with Crippen LogP contribution in [-0.4, -0.2) is 11.9 Å². The van der Waals surface area contributed by atoms with Crippen molar-refractivity contribution >= 4 is 18.5 Å². The topological polar surface area (TPSA) is 29.1 Å². The van der Waals surface area contributed by atoms with Gasteiger partial charge in [0, 0.05) is 16.5 Å². The molecule has 1 unspecified atom stereocenters. The van der Waals surface area contributed by atoms with Crippen LogP contribution in [0.3, 0.4) is 0 Å². The minimum absolute atomic E-state index is 0.00992. The molecule has 3 heteroatoms. The Bertz CT molecular complexity index is 321. The molecule has 0 radical (unpaired) electrons. The highest BCUT2D eigenvalue weighted by Gasteiger charge is 2.08. The lowest BCUT2D eigenvalue weighted by atomic mass is 10.1. The van der Waals surface area contributed by atoms with Crippen LogP contribution >= 0.6 is 12.6 Å². The Labute approximate surface area is 96.5 Å². The van der Waals surface area contributed by atoms with Crippen molar-refractivity contribution in [3.05, 3.63) is 29.8 Å². The highest BCUT2D eigenvalue weighted by Crippen LogP contribution is 2.08. The Kier molecular flexibility index (Phi) is 4.69. The molecule has 0 aliphatic carbocycles. The Morgan fingerprint density at radius 2 is 2.00 bits per heavy atom. The van der Waals surface area contributed by atoms with Gasteiger partial charge in [-0.05, 0) is 37.6 Å². The summed E-state index contributed by atoms with van der Waals surface area (Å²) in [6.07, 6.45) is 2.09. The molecule has 2 nitrogen and oxygen atoms in total. The molecular weight excluding hydrogens is 206 g/mol. The molecule has 0 heterocycles. The van der Waals surface area contributed by atoms with Gasteiger partial charge in [0.15, 0.2) is 0 Å². The fraction of sp³-hybridized carbons (Fsp3) is 0.417. The first kappa shape index (κ1) is 12.1. The molecule has 1 rings (SSSR count). The SMILES string of the molecule is CCCC(C)NC(=O)c1ccc(S)cc1. The van der Waals surface area contributed by atoms with Gasteiger partial charge >= 0.3 is 0 Å². The van der Waals surface area contributed by atoms with E-state index < -0.39 is 0 Å². The maximum atomic E-state index is 11.7. The van der Waals surface area contributed by atoms with E-state index in [0.29, 0.717) is 5.56 Å². The lowest BCUT2D eigenvalue weighted by Crippen LogP contribution is -2.32. The Hall–Kier alpha value is -0.960. The number of hydrogen-bond donors (Lipinski definition) is 2. The number of thiol groups is 1. The van der Waals surface area contributed by atoms with E-state index >= 15 is 0 Å². The van der Waals surface area contributed by atoms with Crippen LogP contribution in [0.1, 0.15) is 37.0 Å². The van der Waals surface area contributed by atoms with E-state index in [0.717, 1.165) is 17.7 Å². The molecule has 0 saturated heterocycles. The monoisotopic (exact) mass is 223 g/mol. The number of carbonyl (C=O) groups excluding carboxylic acids is 1. The molecule has 0 spiro atoms. The van der Waals surface area contributed by atoms with Gasteiger partial charge in [-0.2, -0.15) is 0 Å². The van der Waals surface area contributed by atoms with Gasteiger partial charge in [-0.25, -0.2) is 0 Å². The average molecular weight is 223 g/mol. The molecule has 15 heavy (non-hydrogen) atoms. The van der Waals surface area contributed by atoms with Gasteiger partial charge in [-0.3, -0.25) is 4.79 Å². The number of carbonyl (C=O) groups is 1. The summed E-state index contributed by atoms with van der Waals surface area (Å²) in [4.78, 5) is 12.6. The van der Waals surface area contributed by atoms with Crippen LogP contribution < -0.4 is 5.32 Å². The van der Waals surface area contributed by atoms with E-state index in [1.165, 1.54) is 0 Å². The predicted octanol–water partition coefficient (Wildman–Crippen LogP) is 2.89. The zero-order valence-electron chi connectivity index (χ0n) is 9.16. The van der Waals surface area contributed by atoms with Crippen LogP contribution in [0, 0.1) is 0 Å². The summed E-state index contributed by atoms with van der Waals surface area (Å²) < 4.78 is 0. The molecule has 0 aromatic heterocycles. The summed E-state index contributed by atoms with van der Waals surface area (Å²) in [5.74, 6) is -0.00992. The summed E-state index contributed by atoms with van der Waals surface area (Å²) in [5, 5.41) is 2.95. The van der Waals surface area contributed by atoms with Gasteiger partial charge in [-0.1, -0.05) is 13.3 Å². The van der Waals surface area contributed by atoms with E-state index in [1.807, 2.05) is 19.1 Å². The third-order valence-electron chi connectivity index (χ3n) is 2.23. The number of rotatable bonds is 4. The maximum absolute atomic E-state index is 11.7. The Balaban J connectivity index is 2.57. The predicted molar refractivity (Wildman–Crippen MR) is 65.5 cm³/mol. The highest BCUT2D eigenvalue weighted by atomic mass is 32.1. The third kappa shape index (κ3) is 3.96. The van der Waals surface area contributed by atoms with Crippen molar-refractivity contribution in [1.82, 2.24) is 5.32 Å². The van der Waals surface area contributed by atoms with Crippen molar-refractivity contribution in [3.8, 4) is 0 Å². The van der Waals surface area contributed by atoms with Crippen LogP contribution in [0.5, 0.6) is 0 Å². The second kappa shape index (κ2) is 5.81. The quantitative estimate of drug-likeness (QED) is 0.755. The van der Waals surface area contributed by atoms with Crippen molar-refractivity contribution in [3.63, 3.8) is 0 Å². The largest absolute Gasteiger partial charge is 0.350 e. The fourth-order valence-electron chi connectivity index (χ4n) is 1.43. The average Bonchev–Trinajstić information content (AvgIpc) is 2.18. The molecule has 1 aromatic rings. The van der Waals surface area contributed by atoms with Crippen molar-refractivity contribution in [2.45, 2.75) is 37.6 Å². The Morgan fingerprint density at radius 1 is 1.40 bits per heavy atom. The van der Waals surface area contributed by atoms with Crippen LogP contribution in [-0.2, 0) is 0 Å². The molecule has 0 fully saturated rings. The minimum atomic E-state index is -0.00992. The minimum Gasteiger partial charge on any atom is -0.350 e. The van der Waals surface area contributed by atoms with Crippen LogP contribution in [0.15, 0.2) is 29.2 Å². The summed E-state index contributed by atoms with van der Waals surface area (Å²) in [5.41, 5.74) is 0.691. The van der Waals surface area contributed by atoms with E-state index in [9.17, 15) is 4.79 Å². The molecule has 0 aliphatic heterocycles. The molecule has 1 N–H and O–H groups in total. The molecule has 1 aromatic carbocycles. The van der Waals surface area contributed by atoms with Crippen LogP contribution in [0.2, 0.25) is 0 Å². The van der Waals surface area contributed by atoms with Crippen molar-refractivity contribution in [2.24, 2.45) is 0 Å². The third-order valence-corrected chi connectivity index (χ3v) is 2.53. The van der Waals surface area contributed by atoms with Gasteiger partial charge in [0.05, 0.1) is 0 Å². The second-order valence-corrected chi connectivity index (χ2v) is 4.23. The van der Waals surface area contributed by atoms with Gasteiger partial charge in [0.25, 0.3) is 5.91 Å². The van der Waals surface area contributed by atoms with Crippen LogP contribution in [0.25, 0.3) is 0 Å². The summed E-state index contributed by atoms with van der Waals surface area (Å²) >= 11 is 4.17. The van der Waals surface area contributed by atoms with Gasteiger partial charge in [0.1, 0.15) is 0 Å². The lowest BCUT2D eigenvalue weighted by Gasteiger charge is -2.12. The zero-order valence-corrected chi connectivity index (χ0v) is 10.1. The normalized spacial score (nSPS) is 12.2. The summed E-state index contributed by atoms with van der Waals surface area (Å²) in [6.45, 7) is 4.13. The Morgan fingerprint density at radius 3 is 2.53 bits per heavy atom. The van der Waals surface area contributed by atoms with E-state index in [1.54, 1.807) is 12.1 Å². The molecule has 1 amide bonds. The number of nitrogens with one attached hydrogen (secondary N) is 1. The number of benzene rings is 1. The first-order valence-corrected chi connectivity index (χ1v) is 5.68. The molecule has 0 bridgehead atoms. The van der Waals surface area contributed by atoms with Crippen molar-refractivity contribution < 1.29 is 4.79 Å². The molecular formula is C12H17NOS. The molecule has 1 atom stereocenters. The fourth-order valence-corrected chi connectivity index (χ4v) is 1.57. The van der Waals surface area contributed by atoms with Crippen molar-refractivity contribution in [1.29, 1.82) is 0 Å². The standard InChI is InChI=1S/C12H17NOS/c1-3-4-9(2)13-12(14)10-5-7-11(15)8-6-10/h5-9,15H,3-4H2,1-2H3,(H,13,14). The van der Waals surface area contributed by atoms with Crippen LogP contribution in [0.4, 0.5) is 0 Å². The summed E-state index contributed by atoms with van der Waals surface area (Å²) in [7, 11) is 0. The molecule has 0 aliphatic rings. The summed E-state index contributed by atoms with van der Waals surface area (Å²) in [6, 6.07) is 7.45. The molecule has 0 saturated carbocycles. The van der Waals surface area contributed by atoms with Gasteiger partial charge in [0.2, 0.25) is 0 Å². The van der Waals surface area contributed by atoms with E-state index in [2.05, 4.69) is 24.9 Å². The first-order chi connectivity index (χ1) is 7.13. The van der Waals surface area contributed by atoms with E-state index in [4.69, 9.17) is 0 Å². The van der Waals surface area contributed by atoms with Gasteiger partial charge < -0.3 is 5.32 Å². The second-order valence-electron chi connectivity index (χ2n) is 3.71. The molecule has 82 valence electrons. The zero-order chi connectivity index (χ0) is 11.3. The smallest absolute Gasteiger partial charge is 0.251 e. The number of amides is 1. The van der Waals surface area contributed by atoms with Gasteiger partial charge in [-0.15, -0.1) is 12.6 Å². The highest BCUT2D eigenvalue weighted by molar-refractivity contribution is 7.80. The number of hydrogen-bond acceptors (Lipinski definition) is 2. The first-order valence-electron chi connectivity index (χ1n) is 5.23. The lowest BCUT2D eigenvalue weighted by molar-refractivity contribution is 0.0938. The maximum Gasteiger partial charge on any atom is 0.251 e.